The maximum absolute atomic E-state index is 10.8. The molecule has 0 aliphatic heterocycles. The van der Waals surface area contributed by atoms with Crippen LogP contribution >= 0.6 is 0 Å². The van der Waals surface area contributed by atoms with Crippen LogP contribution in [0, 0.1) is 0 Å². The Balaban J connectivity index is 2.34. The lowest BCUT2D eigenvalue weighted by atomic mass is 10.00. The van der Waals surface area contributed by atoms with Gasteiger partial charge in [0.1, 0.15) is 6.10 Å². The highest BCUT2D eigenvalue weighted by Gasteiger charge is 2.21. The number of aliphatic hydroxyl groups is 2. The number of aromatic amines is 1. The number of carbonyl (C=O) groups is 2. The van der Waals surface area contributed by atoms with E-state index in [4.69, 9.17) is 5.11 Å². The molecule has 4 N–H and O–H groups in total. The molecule has 2 aromatic rings. The van der Waals surface area contributed by atoms with Crippen molar-refractivity contribution in [2.75, 3.05) is 0 Å². The Hall–Kier alpha value is -2.18. The minimum atomic E-state index is -1.39. The molecule has 1 aromatic heterocycles. The molecular formula is C13H13NO5. The van der Waals surface area contributed by atoms with E-state index in [9.17, 15) is 19.8 Å². The van der Waals surface area contributed by atoms with Crippen molar-refractivity contribution < 1.29 is 24.9 Å². The summed E-state index contributed by atoms with van der Waals surface area (Å²) in [4.78, 5) is 24.2. The van der Waals surface area contributed by atoms with Crippen molar-refractivity contribution in [2.45, 2.75) is 18.6 Å². The maximum Gasteiger partial charge on any atom is 0.306 e. The first kappa shape index (κ1) is 13.3. The standard InChI is InChI=1S/C13H13NO5/c15-6-8-5-14-10-2-1-7(3-9(8)10)13(19)11(16)4-12(17)18/h1-3,5-6,11,13-14,16,19H,4H2,(H,17,18). The first-order valence-corrected chi connectivity index (χ1v) is 5.67. The molecule has 6 nitrogen and oxygen atoms in total. The smallest absolute Gasteiger partial charge is 0.306 e. The number of aromatic nitrogens is 1. The van der Waals surface area contributed by atoms with E-state index in [0.29, 0.717) is 22.8 Å². The minimum absolute atomic E-state index is 0.365. The second-order valence-corrected chi connectivity index (χ2v) is 4.28. The molecule has 1 aromatic carbocycles. The lowest BCUT2D eigenvalue weighted by molar-refractivity contribution is -0.141. The molecule has 0 spiro atoms. The third kappa shape index (κ3) is 2.64. The fourth-order valence-electron chi connectivity index (χ4n) is 1.95. The van der Waals surface area contributed by atoms with Crippen LogP contribution < -0.4 is 0 Å². The van der Waals surface area contributed by atoms with Crippen molar-refractivity contribution in [1.29, 1.82) is 0 Å². The number of aldehydes is 1. The van der Waals surface area contributed by atoms with Crippen LogP contribution in [0.15, 0.2) is 24.4 Å². The van der Waals surface area contributed by atoms with E-state index < -0.39 is 24.6 Å². The number of hydrogen-bond acceptors (Lipinski definition) is 4. The number of carbonyl (C=O) groups excluding carboxylic acids is 1. The molecule has 0 saturated carbocycles. The Kier molecular flexibility index (Phi) is 3.64. The number of carboxylic acids is 1. The van der Waals surface area contributed by atoms with Crippen LogP contribution in [0.1, 0.15) is 28.4 Å². The summed E-state index contributed by atoms with van der Waals surface area (Å²) in [5.41, 5.74) is 1.53. The van der Waals surface area contributed by atoms with E-state index in [-0.39, 0.29) is 0 Å². The number of benzene rings is 1. The number of nitrogens with one attached hydrogen (secondary N) is 1. The number of fused-ring (bicyclic) bond motifs is 1. The van der Waals surface area contributed by atoms with Crippen LogP contribution in [0.5, 0.6) is 0 Å². The second-order valence-electron chi connectivity index (χ2n) is 4.28. The topological polar surface area (TPSA) is 111 Å². The monoisotopic (exact) mass is 263 g/mol. The fraction of sp³-hybridized carbons (Fsp3) is 0.231. The summed E-state index contributed by atoms with van der Waals surface area (Å²) in [6, 6.07) is 4.79. The first-order chi connectivity index (χ1) is 9.02. The van der Waals surface area contributed by atoms with Gasteiger partial charge in [-0.3, -0.25) is 9.59 Å². The molecule has 2 unspecified atom stereocenters. The van der Waals surface area contributed by atoms with Crippen LogP contribution in [0.25, 0.3) is 10.9 Å². The molecule has 100 valence electrons. The summed E-state index contributed by atoms with van der Waals surface area (Å²) in [5, 5.41) is 28.7. The Labute approximate surface area is 108 Å². The van der Waals surface area contributed by atoms with Gasteiger partial charge >= 0.3 is 5.97 Å². The number of aliphatic hydroxyl groups excluding tert-OH is 2. The fourth-order valence-corrected chi connectivity index (χ4v) is 1.95. The molecule has 0 amide bonds. The highest BCUT2D eigenvalue weighted by atomic mass is 16.4. The highest BCUT2D eigenvalue weighted by molar-refractivity contribution is 5.97. The van der Waals surface area contributed by atoms with E-state index in [1.165, 1.54) is 0 Å². The summed E-state index contributed by atoms with van der Waals surface area (Å²) in [5.74, 6) is -1.19. The Morgan fingerprint density at radius 3 is 2.74 bits per heavy atom. The number of hydrogen-bond donors (Lipinski definition) is 4. The van der Waals surface area contributed by atoms with E-state index in [1.54, 1.807) is 24.4 Å². The van der Waals surface area contributed by atoms with Gasteiger partial charge in [-0.05, 0) is 17.7 Å². The van der Waals surface area contributed by atoms with Crippen molar-refractivity contribution in [3.05, 3.63) is 35.5 Å². The van der Waals surface area contributed by atoms with E-state index in [0.717, 1.165) is 5.52 Å². The maximum atomic E-state index is 10.8. The van der Waals surface area contributed by atoms with E-state index in [2.05, 4.69) is 4.98 Å². The van der Waals surface area contributed by atoms with Gasteiger partial charge in [-0.25, -0.2) is 0 Å². The van der Waals surface area contributed by atoms with Crippen molar-refractivity contribution in [2.24, 2.45) is 0 Å². The molecular weight excluding hydrogens is 250 g/mol. The Morgan fingerprint density at radius 2 is 2.11 bits per heavy atom. The van der Waals surface area contributed by atoms with Crippen LogP contribution in [-0.2, 0) is 4.79 Å². The summed E-state index contributed by atoms with van der Waals surface area (Å²) in [6.45, 7) is 0. The Morgan fingerprint density at radius 1 is 1.37 bits per heavy atom. The summed E-state index contributed by atoms with van der Waals surface area (Å²) >= 11 is 0. The summed E-state index contributed by atoms with van der Waals surface area (Å²) in [7, 11) is 0. The van der Waals surface area contributed by atoms with Gasteiger partial charge in [-0.1, -0.05) is 6.07 Å². The van der Waals surface area contributed by atoms with Gasteiger partial charge in [-0.2, -0.15) is 0 Å². The SMILES string of the molecule is O=Cc1c[nH]c2ccc(C(O)C(O)CC(=O)O)cc12. The number of aliphatic carboxylic acids is 1. The predicted octanol–water partition coefficient (Wildman–Crippen LogP) is 0.849. The molecule has 0 radical (unpaired) electrons. The van der Waals surface area contributed by atoms with Gasteiger partial charge < -0.3 is 20.3 Å². The van der Waals surface area contributed by atoms with E-state index in [1.807, 2.05) is 0 Å². The van der Waals surface area contributed by atoms with Crippen LogP contribution in [0.2, 0.25) is 0 Å². The molecule has 2 rings (SSSR count). The van der Waals surface area contributed by atoms with Crippen LogP contribution in [0.4, 0.5) is 0 Å². The number of H-pyrrole nitrogens is 1. The van der Waals surface area contributed by atoms with Gasteiger partial charge in [0.25, 0.3) is 0 Å². The third-order valence-electron chi connectivity index (χ3n) is 2.95. The third-order valence-corrected chi connectivity index (χ3v) is 2.95. The summed E-state index contributed by atoms with van der Waals surface area (Å²) < 4.78 is 0. The minimum Gasteiger partial charge on any atom is -0.481 e. The zero-order chi connectivity index (χ0) is 14.0. The molecule has 0 aliphatic carbocycles. The lowest BCUT2D eigenvalue weighted by Crippen LogP contribution is -2.21. The first-order valence-electron chi connectivity index (χ1n) is 5.67. The zero-order valence-corrected chi connectivity index (χ0v) is 9.91. The molecule has 19 heavy (non-hydrogen) atoms. The average molecular weight is 263 g/mol. The predicted molar refractivity (Wildman–Crippen MR) is 66.9 cm³/mol. The van der Waals surface area contributed by atoms with Crippen LogP contribution in [0.3, 0.4) is 0 Å². The Bertz CT molecular complexity index is 619. The largest absolute Gasteiger partial charge is 0.481 e. The van der Waals surface area contributed by atoms with Crippen molar-refractivity contribution >= 4 is 23.2 Å². The average Bonchev–Trinajstić information content (AvgIpc) is 2.78. The molecule has 1 heterocycles. The number of carboxylic acid groups (broad SMARTS) is 1. The van der Waals surface area contributed by atoms with Crippen LogP contribution in [-0.4, -0.2) is 38.7 Å². The van der Waals surface area contributed by atoms with Gasteiger partial charge in [-0.15, -0.1) is 0 Å². The van der Waals surface area contributed by atoms with Crippen molar-refractivity contribution in [1.82, 2.24) is 4.98 Å². The highest BCUT2D eigenvalue weighted by Crippen LogP contribution is 2.25. The quantitative estimate of drug-likeness (QED) is 0.598. The lowest BCUT2D eigenvalue weighted by Gasteiger charge is -2.16. The van der Waals surface area contributed by atoms with Gasteiger partial charge in [0, 0.05) is 22.7 Å². The molecule has 0 aliphatic rings. The van der Waals surface area contributed by atoms with E-state index >= 15 is 0 Å². The zero-order valence-electron chi connectivity index (χ0n) is 9.91. The molecule has 0 saturated heterocycles. The molecule has 0 fully saturated rings. The van der Waals surface area contributed by atoms with Crippen molar-refractivity contribution in [3.63, 3.8) is 0 Å². The molecule has 6 heteroatoms. The molecule has 0 bridgehead atoms. The summed E-state index contributed by atoms with van der Waals surface area (Å²) in [6.07, 6.45) is -1.03. The van der Waals surface area contributed by atoms with Gasteiger partial charge in [0.05, 0.1) is 12.5 Å². The van der Waals surface area contributed by atoms with Gasteiger partial charge in [0.2, 0.25) is 0 Å². The number of rotatable bonds is 5. The normalized spacial score (nSPS) is 14.2. The second kappa shape index (κ2) is 5.21. The molecule has 2 atom stereocenters. The van der Waals surface area contributed by atoms with Gasteiger partial charge in [0.15, 0.2) is 6.29 Å². The van der Waals surface area contributed by atoms with Crippen molar-refractivity contribution in [3.8, 4) is 0 Å².